The van der Waals surface area contributed by atoms with Crippen LogP contribution in [-0.2, 0) is 14.6 Å². The molecule has 0 saturated carbocycles. The van der Waals surface area contributed by atoms with E-state index >= 15 is 0 Å². The Morgan fingerprint density at radius 1 is 1.24 bits per heavy atom. The van der Waals surface area contributed by atoms with E-state index in [2.05, 4.69) is 30.9 Å². The normalized spacial score (nSPS) is 14.7. The van der Waals surface area contributed by atoms with Crippen LogP contribution in [0, 0.1) is 5.41 Å². The van der Waals surface area contributed by atoms with Gasteiger partial charge in [0.1, 0.15) is 17.5 Å². The van der Waals surface area contributed by atoms with Crippen molar-refractivity contribution in [1.82, 2.24) is 19.9 Å². The molecule has 0 aliphatic carbocycles. The van der Waals surface area contributed by atoms with Gasteiger partial charge in [-0.25, -0.2) is 18.4 Å². The third kappa shape index (κ3) is 6.54. The van der Waals surface area contributed by atoms with Crippen molar-refractivity contribution in [2.75, 3.05) is 55.1 Å². The smallest absolute Gasteiger partial charge is 0.224 e. The quantitative estimate of drug-likeness (QED) is 0.305. The molecule has 11 nitrogen and oxygen atoms in total. The standard InChI is InChI=1S/C22H34N8O3S/c1-15(2)27-17-12-19(25-13-16(17)20(23)30-8-10-33-11-9-30)28-18-6-7-24-21(29-18)26-14-22(3,4)34(5,31)32/h6-7,12-13,15,23H,8-11,14H2,1-5H3,(H3,24,25,26,27,28,29). The van der Waals surface area contributed by atoms with Crippen LogP contribution in [0.3, 0.4) is 0 Å². The molecule has 0 bridgehead atoms. The lowest BCUT2D eigenvalue weighted by molar-refractivity contribution is 0.0680. The molecule has 34 heavy (non-hydrogen) atoms. The SMILES string of the molecule is CC(C)Nc1cc(Nc2ccnc(NCC(C)(C)S(C)(=O)=O)n2)ncc1C(=N)N1CCOCC1. The van der Waals surface area contributed by atoms with Gasteiger partial charge in [-0.1, -0.05) is 0 Å². The van der Waals surface area contributed by atoms with Crippen LogP contribution in [0.1, 0.15) is 33.3 Å². The number of morpholine rings is 1. The molecule has 0 unspecified atom stereocenters. The second-order valence-corrected chi connectivity index (χ2v) is 11.8. The number of anilines is 4. The molecule has 3 rings (SSSR count). The Morgan fingerprint density at radius 2 is 1.94 bits per heavy atom. The number of pyridine rings is 1. The number of rotatable bonds is 9. The van der Waals surface area contributed by atoms with Crippen LogP contribution >= 0.6 is 0 Å². The number of nitrogens with zero attached hydrogens (tertiary/aromatic N) is 4. The zero-order valence-electron chi connectivity index (χ0n) is 20.3. The second kappa shape index (κ2) is 10.5. The summed E-state index contributed by atoms with van der Waals surface area (Å²) in [5.41, 5.74) is 1.51. The fraction of sp³-hybridized carbons (Fsp3) is 0.545. The first-order valence-corrected chi connectivity index (χ1v) is 13.1. The van der Waals surface area contributed by atoms with Gasteiger partial charge in [0.15, 0.2) is 9.84 Å². The van der Waals surface area contributed by atoms with Crippen molar-refractivity contribution in [2.24, 2.45) is 0 Å². The highest BCUT2D eigenvalue weighted by Gasteiger charge is 2.30. The van der Waals surface area contributed by atoms with Gasteiger partial charge in [-0.05, 0) is 33.8 Å². The largest absolute Gasteiger partial charge is 0.382 e. The molecular weight excluding hydrogens is 456 g/mol. The van der Waals surface area contributed by atoms with Crippen molar-refractivity contribution in [3.63, 3.8) is 0 Å². The van der Waals surface area contributed by atoms with Crippen LogP contribution in [0.5, 0.6) is 0 Å². The van der Waals surface area contributed by atoms with Gasteiger partial charge < -0.3 is 25.6 Å². The molecule has 1 aliphatic heterocycles. The topological polar surface area (TPSA) is 145 Å². The summed E-state index contributed by atoms with van der Waals surface area (Å²) in [6, 6.07) is 3.72. The first kappa shape index (κ1) is 25.6. The third-order valence-electron chi connectivity index (χ3n) is 5.52. The number of aromatic nitrogens is 3. The van der Waals surface area contributed by atoms with E-state index in [-0.39, 0.29) is 12.6 Å². The van der Waals surface area contributed by atoms with E-state index in [1.165, 1.54) is 6.26 Å². The lowest BCUT2D eigenvalue weighted by atomic mass is 10.1. The monoisotopic (exact) mass is 490 g/mol. The van der Waals surface area contributed by atoms with E-state index in [0.717, 1.165) is 5.69 Å². The lowest BCUT2D eigenvalue weighted by Crippen LogP contribution is -2.41. The fourth-order valence-electron chi connectivity index (χ4n) is 3.17. The van der Waals surface area contributed by atoms with Gasteiger partial charge >= 0.3 is 0 Å². The van der Waals surface area contributed by atoms with Gasteiger partial charge in [-0.15, -0.1) is 0 Å². The molecule has 0 spiro atoms. The molecule has 3 heterocycles. The van der Waals surface area contributed by atoms with Gasteiger partial charge in [-0.3, -0.25) is 5.41 Å². The molecule has 0 atom stereocenters. The summed E-state index contributed by atoms with van der Waals surface area (Å²) in [5, 5.41) is 18.2. The highest BCUT2D eigenvalue weighted by Crippen LogP contribution is 2.24. The maximum atomic E-state index is 11.9. The van der Waals surface area contributed by atoms with Crippen LogP contribution in [-0.4, -0.2) is 84.0 Å². The predicted octanol–water partition coefficient (Wildman–Crippen LogP) is 2.33. The van der Waals surface area contributed by atoms with Crippen LogP contribution in [0.15, 0.2) is 24.5 Å². The molecule has 2 aromatic rings. The van der Waals surface area contributed by atoms with Gasteiger partial charge in [0, 0.05) is 50.4 Å². The Balaban J connectivity index is 1.77. The Hall–Kier alpha value is -2.99. The van der Waals surface area contributed by atoms with Crippen LogP contribution < -0.4 is 16.0 Å². The predicted molar refractivity (Wildman–Crippen MR) is 135 cm³/mol. The third-order valence-corrected chi connectivity index (χ3v) is 7.67. The number of sulfone groups is 1. The molecule has 2 aromatic heterocycles. The van der Waals surface area contributed by atoms with Crippen molar-refractivity contribution >= 4 is 38.9 Å². The Morgan fingerprint density at radius 3 is 2.59 bits per heavy atom. The Bertz CT molecular complexity index is 1110. The number of ether oxygens (including phenoxy) is 1. The van der Waals surface area contributed by atoms with E-state index in [1.54, 1.807) is 32.3 Å². The van der Waals surface area contributed by atoms with E-state index in [9.17, 15) is 8.42 Å². The minimum atomic E-state index is -3.24. The van der Waals surface area contributed by atoms with E-state index in [4.69, 9.17) is 10.1 Å². The maximum absolute atomic E-state index is 11.9. The number of amidine groups is 1. The summed E-state index contributed by atoms with van der Waals surface area (Å²) in [6.07, 6.45) is 4.48. The first-order chi connectivity index (χ1) is 16.0. The molecule has 1 fully saturated rings. The number of hydrogen-bond acceptors (Lipinski definition) is 10. The van der Waals surface area contributed by atoms with Crippen LogP contribution in [0.2, 0.25) is 0 Å². The molecule has 0 aromatic carbocycles. The van der Waals surface area contributed by atoms with Gasteiger partial charge in [0.25, 0.3) is 0 Å². The summed E-state index contributed by atoms with van der Waals surface area (Å²) >= 11 is 0. The summed E-state index contributed by atoms with van der Waals surface area (Å²) in [5.74, 6) is 1.79. The molecule has 0 amide bonds. The minimum absolute atomic E-state index is 0.166. The second-order valence-electron chi connectivity index (χ2n) is 9.14. The highest BCUT2D eigenvalue weighted by molar-refractivity contribution is 7.92. The maximum Gasteiger partial charge on any atom is 0.224 e. The number of hydrogen-bond donors (Lipinski definition) is 4. The van der Waals surface area contributed by atoms with Crippen molar-refractivity contribution in [3.05, 3.63) is 30.1 Å². The molecular formula is C22H34N8O3S. The summed E-state index contributed by atoms with van der Waals surface area (Å²) < 4.78 is 28.3. The van der Waals surface area contributed by atoms with Gasteiger partial charge in [0.05, 0.1) is 29.2 Å². The van der Waals surface area contributed by atoms with Gasteiger partial charge in [-0.2, -0.15) is 4.98 Å². The first-order valence-electron chi connectivity index (χ1n) is 11.2. The summed E-state index contributed by atoms with van der Waals surface area (Å²) in [7, 11) is -3.24. The van der Waals surface area contributed by atoms with E-state index in [1.807, 2.05) is 24.8 Å². The minimum Gasteiger partial charge on any atom is -0.382 e. The zero-order valence-corrected chi connectivity index (χ0v) is 21.2. The molecule has 12 heteroatoms. The van der Waals surface area contributed by atoms with Crippen molar-refractivity contribution in [3.8, 4) is 0 Å². The van der Waals surface area contributed by atoms with Crippen LogP contribution in [0.4, 0.5) is 23.3 Å². The summed E-state index contributed by atoms with van der Waals surface area (Å²) in [6.45, 7) is 10.1. The average molecular weight is 491 g/mol. The molecule has 0 radical (unpaired) electrons. The van der Waals surface area contributed by atoms with Crippen molar-refractivity contribution in [2.45, 2.75) is 38.5 Å². The average Bonchev–Trinajstić information content (AvgIpc) is 2.77. The number of nitrogens with one attached hydrogen (secondary N) is 4. The Kier molecular flexibility index (Phi) is 7.93. The van der Waals surface area contributed by atoms with Crippen molar-refractivity contribution < 1.29 is 13.2 Å². The lowest BCUT2D eigenvalue weighted by Gasteiger charge is -2.30. The zero-order chi connectivity index (χ0) is 24.9. The van der Waals surface area contributed by atoms with Crippen LogP contribution in [0.25, 0.3) is 0 Å². The molecule has 4 N–H and O–H groups in total. The van der Waals surface area contributed by atoms with Crippen molar-refractivity contribution in [1.29, 1.82) is 5.41 Å². The molecule has 186 valence electrons. The molecule has 1 saturated heterocycles. The molecule has 1 aliphatic rings. The summed E-state index contributed by atoms with van der Waals surface area (Å²) in [4.78, 5) is 15.1. The van der Waals surface area contributed by atoms with Gasteiger partial charge in [0.2, 0.25) is 5.95 Å². The Labute approximate surface area is 201 Å². The van der Waals surface area contributed by atoms with E-state index in [0.29, 0.717) is 55.3 Å². The van der Waals surface area contributed by atoms with E-state index < -0.39 is 14.6 Å². The fourth-order valence-corrected chi connectivity index (χ4v) is 3.50. The highest BCUT2D eigenvalue weighted by atomic mass is 32.2.